The first-order chi connectivity index (χ1) is 10.2. The van der Waals surface area contributed by atoms with E-state index in [1.54, 1.807) is 10.9 Å². The van der Waals surface area contributed by atoms with Crippen LogP contribution in [0.25, 0.3) is 0 Å². The average molecular weight is 287 g/mol. The van der Waals surface area contributed by atoms with Crippen molar-refractivity contribution < 1.29 is 5.11 Å². The van der Waals surface area contributed by atoms with Crippen LogP contribution in [0, 0.1) is 0 Å². The Morgan fingerprint density at radius 3 is 2.71 bits per heavy atom. The maximum absolute atomic E-state index is 8.96. The van der Waals surface area contributed by atoms with Gasteiger partial charge < -0.3 is 10.8 Å². The quantitative estimate of drug-likeness (QED) is 0.456. The molecule has 2 aromatic rings. The summed E-state index contributed by atoms with van der Waals surface area (Å²) in [5.74, 6) is 0.582. The second-order valence-corrected chi connectivity index (χ2v) is 4.88. The summed E-state index contributed by atoms with van der Waals surface area (Å²) < 4.78 is 1.69. The van der Waals surface area contributed by atoms with E-state index in [-0.39, 0.29) is 6.61 Å². The van der Waals surface area contributed by atoms with Crippen molar-refractivity contribution >= 4 is 5.84 Å². The van der Waals surface area contributed by atoms with Crippen molar-refractivity contribution in [2.45, 2.75) is 32.9 Å². The Morgan fingerprint density at radius 2 is 2.10 bits per heavy atom. The Morgan fingerprint density at radius 1 is 1.33 bits per heavy atom. The first-order valence-corrected chi connectivity index (χ1v) is 7.12. The molecule has 0 amide bonds. The summed E-state index contributed by atoms with van der Waals surface area (Å²) in [7, 11) is 0. The number of benzene rings is 1. The first kappa shape index (κ1) is 15.2. The van der Waals surface area contributed by atoms with E-state index in [0.717, 1.165) is 30.5 Å². The molecule has 3 N–H and O–H groups in total. The number of aliphatic hydroxyl groups excluding tert-OH is 1. The molecule has 0 bridgehead atoms. The second kappa shape index (κ2) is 7.54. The smallest absolute Gasteiger partial charge is 0.125 e. The number of aliphatic imine (C=N–C) groups is 1. The van der Waals surface area contributed by atoms with Crippen molar-refractivity contribution in [1.29, 1.82) is 0 Å². The van der Waals surface area contributed by atoms with E-state index in [1.807, 2.05) is 24.3 Å². The van der Waals surface area contributed by atoms with E-state index >= 15 is 0 Å². The molecule has 0 unspecified atom stereocenters. The Bertz CT molecular complexity index is 588. The number of hydrogen-bond donors (Lipinski definition) is 2. The van der Waals surface area contributed by atoms with Crippen molar-refractivity contribution in [1.82, 2.24) is 15.0 Å². The van der Waals surface area contributed by atoms with Gasteiger partial charge in [-0.2, -0.15) is 0 Å². The Hall–Kier alpha value is -2.21. The van der Waals surface area contributed by atoms with Crippen LogP contribution >= 0.6 is 0 Å². The van der Waals surface area contributed by atoms with Crippen LogP contribution in [-0.2, 0) is 13.2 Å². The number of unbranched alkanes of at least 4 members (excludes halogenated alkanes) is 1. The maximum atomic E-state index is 8.96. The number of rotatable bonds is 7. The van der Waals surface area contributed by atoms with E-state index in [2.05, 4.69) is 22.2 Å². The van der Waals surface area contributed by atoms with Crippen molar-refractivity contribution in [2.75, 3.05) is 6.54 Å². The predicted octanol–water partition coefficient (Wildman–Crippen LogP) is 1.32. The van der Waals surface area contributed by atoms with Gasteiger partial charge in [0.25, 0.3) is 0 Å². The number of aliphatic hydroxyl groups is 1. The van der Waals surface area contributed by atoms with Gasteiger partial charge in [-0.3, -0.25) is 4.99 Å². The summed E-state index contributed by atoms with van der Waals surface area (Å²) in [4.78, 5) is 4.35. The number of nitrogens with zero attached hydrogens (tertiary/aromatic N) is 4. The summed E-state index contributed by atoms with van der Waals surface area (Å²) >= 11 is 0. The highest BCUT2D eigenvalue weighted by molar-refractivity contribution is 5.97. The Kier molecular flexibility index (Phi) is 5.45. The lowest BCUT2D eigenvalue weighted by molar-refractivity contribution is 0.276. The normalized spacial score (nSPS) is 11.8. The summed E-state index contributed by atoms with van der Waals surface area (Å²) in [6.45, 7) is 3.42. The van der Waals surface area contributed by atoms with Crippen LogP contribution in [0.1, 0.15) is 36.6 Å². The van der Waals surface area contributed by atoms with Crippen LogP contribution in [0.3, 0.4) is 0 Å². The topological polar surface area (TPSA) is 89.3 Å². The minimum absolute atomic E-state index is 0.0936. The molecule has 6 nitrogen and oxygen atoms in total. The van der Waals surface area contributed by atoms with E-state index in [1.165, 1.54) is 0 Å². The van der Waals surface area contributed by atoms with Gasteiger partial charge >= 0.3 is 0 Å². The molecule has 1 aromatic carbocycles. The van der Waals surface area contributed by atoms with E-state index in [0.29, 0.717) is 18.1 Å². The molecule has 0 saturated carbocycles. The monoisotopic (exact) mass is 287 g/mol. The first-order valence-electron chi connectivity index (χ1n) is 7.12. The van der Waals surface area contributed by atoms with Gasteiger partial charge in [-0.1, -0.05) is 42.8 Å². The summed E-state index contributed by atoms with van der Waals surface area (Å²) in [5.41, 5.74) is 8.55. The second-order valence-electron chi connectivity index (χ2n) is 4.88. The van der Waals surface area contributed by atoms with Crippen LogP contribution in [0.2, 0.25) is 0 Å². The van der Waals surface area contributed by atoms with Crippen LogP contribution in [-0.4, -0.2) is 32.5 Å². The molecule has 1 heterocycles. The zero-order valence-corrected chi connectivity index (χ0v) is 12.2. The number of nitrogens with two attached hydrogens (primary N) is 1. The summed E-state index contributed by atoms with van der Waals surface area (Å²) in [6.07, 6.45) is 3.90. The molecule has 1 aromatic heterocycles. The highest BCUT2D eigenvalue weighted by atomic mass is 16.3. The lowest BCUT2D eigenvalue weighted by atomic mass is 10.1. The predicted molar refractivity (Wildman–Crippen MR) is 82.0 cm³/mol. The molecule has 0 aliphatic heterocycles. The third-order valence-electron chi connectivity index (χ3n) is 3.14. The average Bonchev–Trinajstić information content (AvgIpc) is 2.96. The fraction of sp³-hybridized carbons (Fsp3) is 0.400. The van der Waals surface area contributed by atoms with Gasteiger partial charge in [-0.05, 0) is 12.0 Å². The molecule has 21 heavy (non-hydrogen) atoms. The van der Waals surface area contributed by atoms with Crippen molar-refractivity contribution in [2.24, 2.45) is 10.7 Å². The Balaban J connectivity index is 1.99. The highest BCUT2D eigenvalue weighted by Gasteiger charge is 2.02. The number of hydrogen-bond acceptors (Lipinski definition) is 4. The van der Waals surface area contributed by atoms with E-state index < -0.39 is 0 Å². The molecular weight excluding hydrogens is 266 g/mol. The Labute approximate surface area is 124 Å². The minimum atomic E-state index is -0.0936. The van der Waals surface area contributed by atoms with Crippen LogP contribution in [0.5, 0.6) is 0 Å². The molecule has 0 atom stereocenters. The molecule has 0 saturated heterocycles. The van der Waals surface area contributed by atoms with Gasteiger partial charge in [-0.15, -0.1) is 5.10 Å². The van der Waals surface area contributed by atoms with Gasteiger partial charge in [-0.25, -0.2) is 4.68 Å². The molecular formula is C15H21N5O. The van der Waals surface area contributed by atoms with Crippen molar-refractivity contribution in [3.63, 3.8) is 0 Å². The lowest BCUT2D eigenvalue weighted by Crippen LogP contribution is -2.14. The van der Waals surface area contributed by atoms with Crippen LogP contribution in [0.4, 0.5) is 0 Å². The molecule has 0 aliphatic rings. The fourth-order valence-electron chi connectivity index (χ4n) is 1.91. The van der Waals surface area contributed by atoms with Gasteiger partial charge in [0.2, 0.25) is 0 Å². The minimum Gasteiger partial charge on any atom is -0.390 e. The molecule has 112 valence electrons. The van der Waals surface area contributed by atoms with Crippen molar-refractivity contribution in [3.05, 3.63) is 47.3 Å². The van der Waals surface area contributed by atoms with Gasteiger partial charge in [0, 0.05) is 12.1 Å². The molecule has 6 heteroatoms. The molecule has 0 spiro atoms. The van der Waals surface area contributed by atoms with Crippen LogP contribution < -0.4 is 5.73 Å². The lowest BCUT2D eigenvalue weighted by Gasteiger charge is -2.04. The SMILES string of the molecule is CCCCN=C(N)c1ccc(Cn2cc(CO)nn2)cc1. The third-order valence-corrected chi connectivity index (χ3v) is 3.14. The van der Waals surface area contributed by atoms with E-state index in [4.69, 9.17) is 10.8 Å². The molecule has 0 aliphatic carbocycles. The summed E-state index contributed by atoms with van der Waals surface area (Å²) in [6, 6.07) is 7.92. The zero-order valence-electron chi connectivity index (χ0n) is 12.2. The van der Waals surface area contributed by atoms with E-state index in [9.17, 15) is 0 Å². The fourth-order valence-corrected chi connectivity index (χ4v) is 1.91. The standard InChI is InChI=1S/C15H21N5O/c1-2-3-8-17-15(16)13-6-4-12(5-7-13)9-20-10-14(11-21)18-19-20/h4-7,10,21H,2-3,8-9,11H2,1H3,(H2,16,17). The van der Waals surface area contributed by atoms with Gasteiger partial charge in [0.15, 0.2) is 0 Å². The van der Waals surface area contributed by atoms with Crippen LogP contribution in [0.15, 0.2) is 35.5 Å². The highest BCUT2D eigenvalue weighted by Crippen LogP contribution is 2.07. The number of aromatic nitrogens is 3. The number of amidine groups is 1. The molecule has 0 fully saturated rings. The molecule has 0 radical (unpaired) electrons. The zero-order chi connectivity index (χ0) is 15.1. The third kappa shape index (κ3) is 4.39. The van der Waals surface area contributed by atoms with Crippen molar-refractivity contribution in [3.8, 4) is 0 Å². The summed E-state index contributed by atoms with van der Waals surface area (Å²) in [5, 5.41) is 16.8. The maximum Gasteiger partial charge on any atom is 0.125 e. The van der Waals surface area contributed by atoms with Gasteiger partial charge in [0.05, 0.1) is 19.3 Å². The molecule has 2 rings (SSSR count). The largest absolute Gasteiger partial charge is 0.390 e. The van der Waals surface area contributed by atoms with Gasteiger partial charge in [0.1, 0.15) is 11.5 Å².